The first-order chi connectivity index (χ1) is 9.06. The van der Waals surface area contributed by atoms with Crippen molar-refractivity contribution in [1.82, 2.24) is 10.2 Å². The molecule has 19 heavy (non-hydrogen) atoms. The Morgan fingerprint density at radius 3 is 2.68 bits per heavy atom. The van der Waals surface area contributed by atoms with Gasteiger partial charge in [0.1, 0.15) is 5.54 Å². The highest BCUT2D eigenvalue weighted by molar-refractivity contribution is 5.06. The molecular weight excluding hydrogens is 238 g/mol. The van der Waals surface area contributed by atoms with Crippen molar-refractivity contribution >= 4 is 0 Å². The molecule has 0 aromatic carbocycles. The predicted molar refractivity (Wildman–Crippen MR) is 77.9 cm³/mol. The summed E-state index contributed by atoms with van der Waals surface area (Å²) in [6, 6.07) is 2.99. The first kappa shape index (κ1) is 16.4. The molecule has 0 aliphatic heterocycles. The second kappa shape index (κ2) is 7.84. The minimum atomic E-state index is -0.465. The van der Waals surface area contributed by atoms with Crippen LogP contribution in [0.1, 0.15) is 40.0 Å². The maximum atomic E-state index is 9.45. The van der Waals surface area contributed by atoms with Crippen LogP contribution in [-0.2, 0) is 4.74 Å². The van der Waals surface area contributed by atoms with Gasteiger partial charge in [-0.1, -0.05) is 6.92 Å². The number of methoxy groups -OCH3 is 1. The van der Waals surface area contributed by atoms with Crippen molar-refractivity contribution in [3.8, 4) is 6.07 Å². The lowest BCUT2D eigenvalue weighted by molar-refractivity contribution is 0.101. The molecule has 1 fully saturated rings. The van der Waals surface area contributed by atoms with E-state index < -0.39 is 5.54 Å². The van der Waals surface area contributed by atoms with Crippen LogP contribution in [0.25, 0.3) is 0 Å². The average Bonchev–Trinajstić information content (AvgIpc) is 3.25. The Bertz CT molecular complexity index is 298. The minimum Gasteiger partial charge on any atom is -0.383 e. The van der Waals surface area contributed by atoms with Crippen molar-refractivity contribution in [3.05, 3.63) is 0 Å². The molecule has 2 atom stereocenters. The van der Waals surface area contributed by atoms with Crippen LogP contribution < -0.4 is 5.32 Å². The van der Waals surface area contributed by atoms with E-state index in [0.29, 0.717) is 6.04 Å². The lowest BCUT2D eigenvalue weighted by atomic mass is 10.0. The summed E-state index contributed by atoms with van der Waals surface area (Å²) in [5.74, 6) is 0.811. The second-order valence-corrected chi connectivity index (χ2v) is 5.91. The van der Waals surface area contributed by atoms with Gasteiger partial charge in [-0.25, -0.2) is 0 Å². The number of nitriles is 1. The van der Waals surface area contributed by atoms with Crippen LogP contribution in [0.4, 0.5) is 0 Å². The Kier molecular flexibility index (Phi) is 6.78. The lowest BCUT2D eigenvalue weighted by Gasteiger charge is -2.35. The van der Waals surface area contributed by atoms with Crippen molar-refractivity contribution in [2.24, 2.45) is 5.92 Å². The first-order valence-electron chi connectivity index (χ1n) is 7.45. The quantitative estimate of drug-likeness (QED) is 0.658. The molecule has 0 aromatic heterocycles. The van der Waals surface area contributed by atoms with Gasteiger partial charge in [0.2, 0.25) is 0 Å². The van der Waals surface area contributed by atoms with Crippen LogP contribution >= 0.6 is 0 Å². The summed E-state index contributed by atoms with van der Waals surface area (Å²) in [6.07, 6.45) is 3.71. The largest absolute Gasteiger partial charge is 0.383 e. The van der Waals surface area contributed by atoms with Gasteiger partial charge in [0.25, 0.3) is 0 Å². The van der Waals surface area contributed by atoms with Gasteiger partial charge in [0.05, 0.1) is 12.7 Å². The molecule has 4 heteroatoms. The topological polar surface area (TPSA) is 48.3 Å². The lowest BCUT2D eigenvalue weighted by Crippen LogP contribution is -2.53. The number of ether oxygens (including phenoxy) is 1. The van der Waals surface area contributed by atoms with E-state index in [2.05, 4.69) is 30.1 Å². The molecule has 110 valence electrons. The van der Waals surface area contributed by atoms with Crippen LogP contribution in [-0.4, -0.2) is 49.8 Å². The SMILES string of the molecule is CCCNC(C)(C#N)CN(CCOC)C(C)C1CC1. The zero-order valence-electron chi connectivity index (χ0n) is 12.9. The molecule has 1 rings (SSSR count). The van der Waals surface area contributed by atoms with E-state index in [1.165, 1.54) is 12.8 Å². The molecule has 0 spiro atoms. The van der Waals surface area contributed by atoms with Gasteiger partial charge in [-0.3, -0.25) is 10.2 Å². The van der Waals surface area contributed by atoms with Crippen molar-refractivity contribution < 1.29 is 4.74 Å². The third-order valence-corrected chi connectivity index (χ3v) is 3.99. The number of rotatable bonds is 10. The molecule has 0 radical (unpaired) electrons. The van der Waals surface area contributed by atoms with Gasteiger partial charge in [-0.2, -0.15) is 5.26 Å². The maximum absolute atomic E-state index is 9.45. The summed E-state index contributed by atoms with van der Waals surface area (Å²) in [6.45, 7) is 9.70. The minimum absolute atomic E-state index is 0.465. The fourth-order valence-electron chi connectivity index (χ4n) is 2.45. The van der Waals surface area contributed by atoms with Gasteiger partial charge in [-0.15, -0.1) is 0 Å². The Balaban J connectivity index is 2.59. The highest BCUT2D eigenvalue weighted by Crippen LogP contribution is 2.35. The molecule has 4 nitrogen and oxygen atoms in total. The fourth-order valence-corrected chi connectivity index (χ4v) is 2.45. The van der Waals surface area contributed by atoms with E-state index in [1.807, 2.05) is 6.92 Å². The molecular formula is C15H29N3O. The van der Waals surface area contributed by atoms with Gasteiger partial charge in [0.15, 0.2) is 0 Å². The summed E-state index contributed by atoms with van der Waals surface area (Å²) in [5.41, 5.74) is -0.465. The van der Waals surface area contributed by atoms with Crippen LogP contribution in [0, 0.1) is 17.2 Å². The first-order valence-corrected chi connectivity index (χ1v) is 7.45. The standard InChI is InChI=1S/C15H29N3O/c1-5-8-17-15(3,11-16)12-18(9-10-19-4)13(2)14-6-7-14/h13-14,17H,5-10,12H2,1-4H3. The summed E-state index contributed by atoms with van der Waals surface area (Å²) in [7, 11) is 1.73. The summed E-state index contributed by atoms with van der Waals surface area (Å²) in [5, 5.41) is 12.8. The van der Waals surface area contributed by atoms with Crippen LogP contribution in [0.15, 0.2) is 0 Å². The smallest absolute Gasteiger partial charge is 0.116 e. The number of nitrogens with one attached hydrogen (secondary N) is 1. The van der Waals surface area contributed by atoms with E-state index in [4.69, 9.17) is 4.74 Å². The van der Waals surface area contributed by atoms with Crippen LogP contribution in [0.2, 0.25) is 0 Å². The highest BCUT2D eigenvalue weighted by atomic mass is 16.5. The zero-order valence-corrected chi connectivity index (χ0v) is 12.9. The zero-order chi connectivity index (χ0) is 14.3. The Labute approximate surface area is 118 Å². The highest BCUT2D eigenvalue weighted by Gasteiger charge is 2.35. The van der Waals surface area contributed by atoms with E-state index in [0.717, 1.165) is 38.6 Å². The van der Waals surface area contributed by atoms with E-state index in [-0.39, 0.29) is 0 Å². The van der Waals surface area contributed by atoms with E-state index in [9.17, 15) is 5.26 Å². The molecule has 1 saturated carbocycles. The summed E-state index contributed by atoms with van der Waals surface area (Å²) in [4.78, 5) is 2.41. The maximum Gasteiger partial charge on any atom is 0.116 e. The predicted octanol–water partition coefficient (Wildman–Crippen LogP) is 2.02. The third-order valence-electron chi connectivity index (χ3n) is 3.99. The molecule has 0 aromatic rings. The molecule has 0 saturated heterocycles. The molecule has 1 aliphatic carbocycles. The molecule has 0 amide bonds. The fraction of sp³-hybridized carbons (Fsp3) is 0.933. The number of hydrogen-bond acceptors (Lipinski definition) is 4. The monoisotopic (exact) mass is 267 g/mol. The van der Waals surface area contributed by atoms with Crippen LogP contribution in [0.5, 0.6) is 0 Å². The molecule has 2 unspecified atom stereocenters. The molecule has 1 N–H and O–H groups in total. The molecule has 1 aliphatic rings. The summed E-state index contributed by atoms with van der Waals surface area (Å²) >= 11 is 0. The Morgan fingerprint density at radius 2 is 2.21 bits per heavy atom. The van der Waals surface area contributed by atoms with E-state index >= 15 is 0 Å². The van der Waals surface area contributed by atoms with Crippen molar-refractivity contribution in [2.75, 3.05) is 33.4 Å². The second-order valence-electron chi connectivity index (χ2n) is 5.91. The van der Waals surface area contributed by atoms with Crippen LogP contribution in [0.3, 0.4) is 0 Å². The number of hydrogen-bond donors (Lipinski definition) is 1. The van der Waals surface area contributed by atoms with Crippen molar-refractivity contribution in [1.29, 1.82) is 5.26 Å². The van der Waals surface area contributed by atoms with Crippen molar-refractivity contribution in [3.63, 3.8) is 0 Å². The number of nitrogens with zero attached hydrogens (tertiary/aromatic N) is 2. The van der Waals surface area contributed by atoms with Gasteiger partial charge < -0.3 is 4.74 Å². The van der Waals surface area contributed by atoms with Gasteiger partial charge >= 0.3 is 0 Å². The van der Waals surface area contributed by atoms with E-state index in [1.54, 1.807) is 7.11 Å². The average molecular weight is 267 g/mol. The third kappa shape index (κ3) is 5.48. The van der Waals surface area contributed by atoms with Gasteiger partial charge in [-0.05, 0) is 45.6 Å². The Hall–Kier alpha value is -0.630. The van der Waals surface area contributed by atoms with Gasteiger partial charge in [0, 0.05) is 26.2 Å². The van der Waals surface area contributed by atoms with Crippen molar-refractivity contribution in [2.45, 2.75) is 51.6 Å². The molecule has 0 heterocycles. The Morgan fingerprint density at radius 1 is 1.53 bits per heavy atom. The summed E-state index contributed by atoms with van der Waals surface area (Å²) < 4.78 is 5.21. The normalized spacial score (nSPS) is 20.0. The molecule has 0 bridgehead atoms.